The number of aliphatic hydroxyl groups is 1. The number of halogens is 2. The molecule has 1 aromatic carbocycles. The average Bonchev–Trinajstić information content (AvgIpc) is 2.25. The van der Waals surface area contributed by atoms with E-state index in [9.17, 15) is 5.11 Å². The molecule has 0 aliphatic carbocycles. The van der Waals surface area contributed by atoms with E-state index >= 15 is 0 Å². The van der Waals surface area contributed by atoms with E-state index < -0.39 is 0 Å². The first-order valence-electron chi connectivity index (χ1n) is 5.36. The fourth-order valence-corrected chi connectivity index (χ4v) is 2.44. The van der Waals surface area contributed by atoms with Gasteiger partial charge in [-0.1, -0.05) is 29.3 Å². The molecule has 0 radical (unpaired) electrons. The van der Waals surface area contributed by atoms with Crippen molar-refractivity contribution in [2.75, 3.05) is 13.2 Å². The van der Waals surface area contributed by atoms with Crippen LogP contribution < -0.4 is 0 Å². The molecule has 2 atom stereocenters. The predicted octanol–water partition coefficient (Wildman–Crippen LogP) is 2.93. The standard InChI is InChI=1S/C12H14Cl2O2/c13-10-2-1-8(11(14)6-10)5-9-7-16-4-3-12(9)15/h1-2,6,9,12,15H,3-5,7H2. The van der Waals surface area contributed by atoms with Gasteiger partial charge in [-0.25, -0.2) is 0 Å². The van der Waals surface area contributed by atoms with Gasteiger partial charge in [-0.15, -0.1) is 0 Å². The molecule has 88 valence electrons. The fraction of sp³-hybridized carbons (Fsp3) is 0.500. The van der Waals surface area contributed by atoms with Crippen molar-refractivity contribution in [1.29, 1.82) is 0 Å². The maximum Gasteiger partial charge on any atom is 0.0615 e. The highest BCUT2D eigenvalue weighted by molar-refractivity contribution is 6.35. The molecular formula is C12H14Cl2O2. The maximum atomic E-state index is 9.83. The van der Waals surface area contributed by atoms with Gasteiger partial charge in [-0.05, 0) is 30.5 Å². The van der Waals surface area contributed by atoms with Crippen LogP contribution in [0, 0.1) is 5.92 Å². The lowest BCUT2D eigenvalue weighted by molar-refractivity contribution is -0.0350. The predicted molar refractivity (Wildman–Crippen MR) is 65.1 cm³/mol. The Hall–Kier alpha value is -0.280. The molecule has 0 aromatic heterocycles. The van der Waals surface area contributed by atoms with Crippen molar-refractivity contribution < 1.29 is 9.84 Å². The Morgan fingerprint density at radius 3 is 2.88 bits per heavy atom. The summed E-state index contributed by atoms with van der Waals surface area (Å²) in [6.45, 7) is 1.24. The topological polar surface area (TPSA) is 29.5 Å². The van der Waals surface area contributed by atoms with Gasteiger partial charge in [0.05, 0.1) is 12.7 Å². The molecule has 2 rings (SSSR count). The van der Waals surface area contributed by atoms with Crippen molar-refractivity contribution in [3.8, 4) is 0 Å². The van der Waals surface area contributed by atoms with Gasteiger partial charge >= 0.3 is 0 Å². The van der Waals surface area contributed by atoms with Crippen LogP contribution in [0.1, 0.15) is 12.0 Å². The van der Waals surface area contributed by atoms with E-state index in [0.29, 0.717) is 29.7 Å². The lowest BCUT2D eigenvalue weighted by Gasteiger charge is -2.28. The van der Waals surface area contributed by atoms with Crippen LogP contribution in [0.5, 0.6) is 0 Å². The summed E-state index contributed by atoms with van der Waals surface area (Å²) in [5, 5.41) is 11.1. The van der Waals surface area contributed by atoms with E-state index in [-0.39, 0.29) is 12.0 Å². The number of hydrogen-bond donors (Lipinski definition) is 1. The van der Waals surface area contributed by atoms with Crippen molar-refractivity contribution in [3.63, 3.8) is 0 Å². The summed E-state index contributed by atoms with van der Waals surface area (Å²) >= 11 is 11.9. The minimum Gasteiger partial charge on any atom is -0.393 e. The van der Waals surface area contributed by atoms with Gasteiger partial charge in [0.25, 0.3) is 0 Å². The molecule has 2 unspecified atom stereocenters. The molecule has 0 amide bonds. The minimum atomic E-state index is -0.291. The third-order valence-electron chi connectivity index (χ3n) is 2.93. The number of aliphatic hydroxyl groups excluding tert-OH is 1. The highest BCUT2D eigenvalue weighted by Gasteiger charge is 2.24. The number of ether oxygens (including phenoxy) is 1. The van der Waals surface area contributed by atoms with E-state index in [2.05, 4.69) is 0 Å². The molecule has 1 fully saturated rings. The zero-order chi connectivity index (χ0) is 11.5. The summed E-state index contributed by atoms with van der Waals surface area (Å²) in [6.07, 6.45) is 1.15. The van der Waals surface area contributed by atoms with Crippen LogP contribution >= 0.6 is 23.2 Å². The molecule has 0 spiro atoms. The second-order valence-electron chi connectivity index (χ2n) is 4.13. The number of benzene rings is 1. The van der Waals surface area contributed by atoms with Gasteiger partial charge in [0, 0.05) is 22.6 Å². The Labute approximate surface area is 105 Å². The second kappa shape index (κ2) is 5.37. The van der Waals surface area contributed by atoms with Crippen molar-refractivity contribution in [2.45, 2.75) is 18.9 Å². The van der Waals surface area contributed by atoms with Crippen molar-refractivity contribution in [2.24, 2.45) is 5.92 Å². The van der Waals surface area contributed by atoms with Gasteiger partial charge < -0.3 is 9.84 Å². The van der Waals surface area contributed by atoms with E-state index in [1.165, 1.54) is 0 Å². The number of rotatable bonds is 2. The third kappa shape index (κ3) is 2.89. The first-order chi connectivity index (χ1) is 7.66. The molecule has 4 heteroatoms. The molecule has 1 aliphatic rings. The van der Waals surface area contributed by atoms with Crippen LogP contribution in [0.4, 0.5) is 0 Å². The van der Waals surface area contributed by atoms with Gasteiger partial charge in [0.1, 0.15) is 0 Å². The molecule has 1 N–H and O–H groups in total. The molecule has 16 heavy (non-hydrogen) atoms. The Morgan fingerprint density at radius 1 is 1.38 bits per heavy atom. The monoisotopic (exact) mass is 260 g/mol. The highest BCUT2D eigenvalue weighted by Crippen LogP contribution is 2.26. The molecule has 0 bridgehead atoms. The Kier molecular flexibility index (Phi) is 4.09. The largest absolute Gasteiger partial charge is 0.393 e. The lowest BCUT2D eigenvalue weighted by Crippen LogP contribution is -2.33. The smallest absolute Gasteiger partial charge is 0.0615 e. The van der Waals surface area contributed by atoms with E-state index in [0.717, 1.165) is 12.0 Å². The summed E-state index contributed by atoms with van der Waals surface area (Å²) in [6, 6.07) is 5.46. The summed E-state index contributed by atoms with van der Waals surface area (Å²) in [7, 11) is 0. The summed E-state index contributed by atoms with van der Waals surface area (Å²) < 4.78 is 5.36. The Bertz CT molecular complexity index is 368. The second-order valence-corrected chi connectivity index (χ2v) is 4.97. The summed E-state index contributed by atoms with van der Waals surface area (Å²) in [4.78, 5) is 0. The number of hydrogen-bond acceptors (Lipinski definition) is 2. The maximum absolute atomic E-state index is 9.83. The first kappa shape index (κ1) is 12.2. The minimum absolute atomic E-state index is 0.132. The van der Waals surface area contributed by atoms with Crippen molar-refractivity contribution in [1.82, 2.24) is 0 Å². The lowest BCUT2D eigenvalue weighted by atomic mass is 9.91. The van der Waals surface area contributed by atoms with Gasteiger partial charge in [0.15, 0.2) is 0 Å². The van der Waals surface area contributed by atoms with Gasteiger partial charge in [-0.2, -0.15) is 0 Å². The van der Waals surface area contributed by atoms with Crippen LogP contribution in [0.2, 0.25) is 10.0 Å². The fourth-order valence-electron chi connectivity index (χ4n) is 1.95. The van der Waals surface area contributed by atoms with E-state index in [1.807, 2.05) is 12.1 Å². The summed E-state index contributed by atoms with van der Waals surface area (Å²) in [5.41, 5.74) is 1.01. The SMILES string of the molecule is OC1CCOCC1Cc1ccc(Cl)cc1Cl. The quantitative estimate of drug-likeness (QED) is 0.886. The summed E-state index contributed by atoms with van der Waals surface area (Å²) in [5.74, 6) is 0.132. The molecule has 0 saturated carbocycles. The highest BCUT2D eigenvalue weighted by atomic mass is 35.5. The van der Waals surface area contributed by atoms with Crippen molar-refractivity contribution in [3.05, 3.63) is 33.8 Å². The molecule has 1 aromatic rings. The molecular weight excluding hydrogens is 247 g/mol. The first-order valence-corrected chi connectivity index (χ1v) is 6.12. The molecule has 1 saturated heterocycles. The van der Waals surface area contributed by atoms with Gasteiger partial charge in [-0.3, -0.25) is 0 Å². The molecule has 2 nitrogen and oxygen atoms in total. The van der Waals surface area contributed by atoms with Crippen LogP contribution in [0.3, 0.4) is 0 Å². The van der Waals surface area contributed by atoms with Crippen LogP contribution in [-0.2, 0) is 11.2 Å². The Morgan fingerprint density at radius 2 is 2.19 bits per heavy atom. The molecule has 1 aliphatic heterocycles. The Balaban J connectivity index is 2.07. The zero-order valence-corrected chi connectivity index (χ0v) is 10.3. The van der Waals surface area contributed by atoms with Crippen LogP contribution in [-0.4, -0.2) is 24.4 Å². The van der Waals surface area contributed by atoms with E-state index in [4.69, 9.17) is 27.9 Å². The van der Waals surface area contributed by atoms with Crippen molar-refractivity contribution >= 4 is 23.2 Å². The molecule has 1 heterocycles. The van der Waals surface area contributed by atoms with E-state index in [1.54, 1.807) is 6.07 Å². The normalized spacial score (nSPS) is 25.7. The zero-order valence-electron chi connectivity index (χ0n) is 8.83. The third-order valence-corrected chi connectivity index (χ3v) is 3.52. The van der Waals surface area contributed by atoms with Gasteiger partial charge in [0.2, 0.25) is 0 Å². The average molecular weight is 261 g/mol. The van der Waals surface area contributed by atoms with Crippen LogP contribution in [0.15, 0.2) is 18.2 Å². The van der Waals surface area contributed by atoms with Crippen LogP contribution in [0.25, 0.3) is 0 Å².